The van der Waals surface area contributed by atoms with Gasteiger partial charge in [0.2, 0.25) is 6.79 Å². The molecule has 2 amide bonds. The second kappa shape index (κ2) is 7.88. The van der Waals surface area contributed by atoms with Gasteiger partial charge in [-0.1, -0.05) is 23.7 Å². The van der Waals surface area contributed by atoms with Crippen molar-refractivity contribution in [1.29, 1.82) is 0 Å². The Labute approximate surface area is 175 Å². The predicted octanol–water partition coefficient (Wildman–Crippen LogP) is 4.41. The van der Waals surface area contributed by atoms with E-state index in [0.717, 1.165) is 16.7 Å². The quantitative estimate of drug-likeness (QED) is 0.699. The normalized spacial score (nSPS) is 16.8. The average molecular weight is 434 g/mol. The van der Waals surface area contributed by atoms with E-state index < -0.39 is 11.1 Å². The van der Waals surface area contributed by atoms with Gasteiger partial charge in [0.15, 0.2) is 23.0 Å². The topological polar surface area (TPSA) is 85.3 Å². The van der Waals surface area contributed by atoms with Crippen LogP contribution in [0.5, 0.6) is 23.0 Å². The van der Waals surface area contributed by atoms with Crippen LogP contribution in [-0.4, -0.2) is 34.6 Å². The molecule has 0 spiro atoms. The minimum atomic E-state index is -0.463. The number of nitrogens with zero attached hydrogens (tertiary/aromatic N) is 1. The van der Waals surface area contributed by atoms with E-state index >= 15 is 0 Å². The van der Waals surface area contributed by atoms with Crippen LogP contribution in [0.3, 0.4) is 0 Å². The number of carbonyl (C=O) groups is 2. The molecule has 2 aromatic rings. The third-order valence-electron chi connectivity index (χ3n) is 4.36. The summed E-state index contributed by atoms with van der Waals surface area (Å²) in [6.07, 6.45) is 1.48. The number of hydrogen-bond donors (Lipinski definition) is 1. The number of thioether (sulfide) groups is 1. The average Bonchev–Trinajstić information content (AvgIpc) is 3.24. The number of aromatic hydroxyl groups is 1. The molecule has 9 heteroatoms. The number of benzene rings is 2. The van der Waals surface area contributed by atoms with Gasteiger partial charge in [-0.2, -0.15) is 0 Å². The Balaban J connectivity index is 1.59. The summed E-state index contributed by atoms with van der Waals surface area (Å²) in [4.78, 5) is 26.5. The van der Waals surface area contributed by atoms with Gasteiger partial charge in [0.05, 0.1) is 18.1 Å². The van der Waals surface area contributed by atoms with Crippen LogP contribution in [0.1, 0.15) is 18.1 Å². The molecule has 0 saturated carbocycles. The first-order chi connectivity index (χ1) is 14.0. The molecule has 2 aliphatic heterocycles. The smallest absolute Gasteiger partial charge is 0.293 e. The molecule has 1 saturated heterocycles. The van der Waals surface area contributed by atoms with Gasteiger partial charge in [0.1, 0.15) is 0 Å². The monoisotopic (exact) mass is 433 g/mol. The molecule has 1 fully saturated rings. The van der Waals surface area contributed by atoms with E-state index in [4.69, 9.17) is 25.8 Å². The molecule has 2 heterocycles. The lowest BCUT2D eigenvalue weighted by Gasteiger charge is -2.14. The highest BCUT2D eigenvalue weighted by Gasteiger charge is 2.36. The maximum absolute atomic E-state index is 12.8. The molecule has 4 rings (SSSR count). The summed E-state index contributed by atoms with van der Waals surface area (Å²) in [6.45, 7) is 2.30. The number of phenols is 1. The van der Waals surface area contributed by atoms with E-state index in [0.29, 0.717) is 40.0 Å². The number of carbonyl (C=O) groups excluding carboxylic acids is 2. The number of ether oxygens (including phenoxy) is 3. The van der Waals surface area contributed by atoms with E-state index in [2.05, 4.69) is 0 Å². The van der Waals surface area contributed by atoms with Crippen LogP contribution in [0.2, 0.25) is 5.02 Å². The van der Waals surface area contributed by atoms with Crippen LogP contribution < -0.4 is 14.2 Å². The highest BCUT2D eigenvalue weighted by Crippen LogP contribution is 2.40. The van der Waals surface area contributed by atoms with Crippen molar-refractivity contribution in [2.75, 3.05) is 13.4 Å². The zero-order chi connectivity index (χ0) is 20.5. The molecule has 0 radical (unpaired) electrons. The lowest BCUT2D eigenvalue weighted by molar-refractivity contribution is -0.123. The van der Waals surface area contributed by atoms with Gasteiger partial charge in [0, 0.05) is 16.7 Å². The lowest BCUT2D eigenvalue weighted by atomic mass is 10.1. The van der Waals surface area contributed by atoms with Crippen molar-refractivity contribution >= 4 is 40.6 Å². The fourth-order valence-corrected chi connectivity index (χ4v) is 4.00. The summed E-state index contributed by atoms with van der Waals surface area (Å²) in [6, 6.07) is 8.23. The zero-order valence-electron chi connectivity index (χ0n) is 15.3. The predicted molar refractivity (Wildman–Crippen MR) is 108 cm³/mol. The third kappa shape index (κ3) is 3.73. The highest BCUT2D eigenvalue weighted by molar-refractivity contribution is 8.18. The summed E-state index contributed by atoms with van der Waals surface area (Å²) in [5.74, 6) is 0.810. The molecule has 150 valence electrons. The van der Waals surface area contributed by atoms with Gasteiger partial charge in [-0.25, -0.2) is 0 Å². The van der Waals surface area contributed by atoms with Crippen LogP contribution in [0, 0.1) is 0 Å². The Hall–Kier alpha value is -2.84. The van der Waals surface area contributed by atoms with Gasteiger partial charge in [-0.3, -0.25) is 14.5 Å². The summed E-state index contributed by atoms with van der Waals surface area (Å²) >= 11 is 7.07. The van der Waals surface area contributed by atoms with E-state index in [1.807, 2.05) is 0 Å². The van der Waals surface area contributed by atoms with Crippen LogP contribution in [0.25, 0.3) is 6.08 Å². The first-order valence-electron chi connectivity index (χ1n) is 8.76. The fraction of sp³-hybridized carbons (Fsp3) is 0.200. The van der Waals surface area contributed by atoms with Crippen molar-refractivity contribution in [2.24, 2.45) is 0 Å². The van der Waals surface area contributed by atoms with Crippen LogP contribution >= 0.6 is 23.4 Å². The molecule has 7 nitrogen and oxygen atoms in total. The first kappa shape index (κ1) is 19.5. The maximum atomic E-state index is 12.8. The molecular weight excluding hydrogens is 418 g/mol. The van der Waals surface area contributed by atoms with Crippen molar-refractivity contribution in [3.63, 3.8) is 0 Å². The molecule has 1 N–H and O–H groups in total. The molecule has 2 aliphatic rings. The van der Waals surface area contributed by atoms with E-state index in [9.17, 15) is 14.7 Å². The zero-order valence-corrected chi connectivity index (χ0v) is 16.9. The molecule has 2 aromatic carbocycles. The maximum Gasteiger partial charge on any atom is 0.293 e. The molecule has 0 atom stereocenters. The van der Waals surface area contributed by atoms with Crippen LogP contribution in [0.15, 0.2) is 35.2 Å². The van der Waals surface area contributed by atoms with Crippen LogP contribution in [0.4, 0.5) is 4.79 Å². The van der Waals surface area contributed by atoms with Gasteiger partial charge in [0.25, 0.3) is 11.1 Å². The van der Waals surface area contributed by atoms with Gasteiger partial charge >= 0.3 is 0 Å². The number of fused-ring (bicyclic) bond motifs is 1. The van der Waals surface area contributed by atoms with Crippen molar-refractivity contribution in [3.05, 3.63) is 51.4 Å². The molecule has 0 unspecified atom stereocenters. The van der Waals surface area contributed by atoms with E-state index in [-0.39, 0.29) is 24.0 Å². The van der Waals surface area contributed by atoms with Crippen molar-refractivity contribution < 1.29 is 28.9 Å². The Bertz CT molecular complexity index is 1040. The standard InChI is InChI=1S/C20H16ClNO6S/c1-2-26-14-5-3-4-11(18(14)23)7-17-19(24)22(20(25)29-17)9-12-6-15-16(8-13(12)21)28-10-27-15/h3-8,23H,2,9-10H2,1H3/b17-7-. The molecule has 0 aliphatic carbocycles. The molecule has 0 bridgehead atoms. The number of rotatable bonds is 5. The fourth-order valence-electron chi connectivity index (χ4n) is 2.96. The minimum Gasteiger partial charge on any atom is -0.504 e. The van der Waals surface area contributed by atoms with Crippen LogP contribution in [-0.2, 0) is 11.3 Å². The van der Waals surface area contributed by atoms with Gasteiger partial charge < -0.3 is 19.3 Å². The second-order valence-corrected chi connectivity index (χ2v) is 7.59. The van der Waals surface area contributed by atoms with Crippen molar-refractivity contribution in [2.45, 2.75) is 13.5 Å². The van der Waals surface area contributed by atoms with Crippen molar-refractivity contribution in [3.8, 4) is 23.0 Å². The Kier molecular flexibility index (Phi) is 5.29. The summed E-state index contributed by atoms with van der Waals surface area (Å²) in [5.41, 5.74) is 0.961. The number of amides is 2. The number of halogens is 1. The van der Waals surface area contributed by atoms with E-state index in [1.165, 1.54) is 6.08 Å². The Morgan fingerprint density at radius 3 is 2.79 bits per heavy atom. The lowest BCUT2D eigenvalue weighted by Crippen LogP contribution is -2.27. The third-order valence-corrected chi connectivity index (χ3v) is 5.62. The second-order valence-electron chi connectivity index (χ2n) is 6.19. The number of imide groups is 1. The van der Waals surface area contributed by atoms with E-state index in [1.54, 1.807) is 37.3 Å². The van der Waals surface area contributed by atoms with Gasteiger partial charge in [-0.05, 0) is 42.5 Å². The molecule has 0 aromatic heterocycles. The van der Waals surface area contributed by atoms with Gasteiger partial charge in [-0.15, -0.1) is 0 Å². The molecule has 29 heavy (non-hydrogen) atoms. The number of hydrogen-bond acceptors (Lipinski definition) is 7. The van der Waals surface area contributed by atoms with Crippen molar-refractivity contribution in [1.82, 2.24) is 4.90 Å². The summed E-state index contributed by atoms with van der Waals surface area (Å²) < 4.78 is 16.0. The Morgan fingerprint density at radius 1 is 1.28 bits per heavy atom. The number of phenolic OH excluding ortho intramolecular Hbond substituents is 1. The largest absolute Gasteiger partial charge is 0.504 e. The minimum absolute atomic E-state index is 0.00243. The summed E-state index contributed by atoms with van der Waals surface area (Å²) in [5, 5.41) is 10.3. The number of para-hydroxylation sites is 1. The highest BCUT2D eigenvalue weighted by atomic mass is 35.5. The molecular formula is C20H16ClNO6S. The summed E-state index contributed by atoms with van der Waals surface area (Å²) in [7, 11) is 0. The first-order valence-corrected chi connectivity index (χ1v) is 9.95. The Morgan fingerprint density at radius 2 is 2.03 bits per heavy atom. The SMILES string of the molecule is CCOc1cccc(/C=C2\SC(=O)N(Cc3cc4c(cc3Cl)OCO4)C2=O)c1O.